The molecule has 0 radical (unpaired) electrons. The summed E-state index contributed by atoms with van der Waals surface area (Å²) in [5.41, 5.74) is 1.38. The summed E-state index contributed by atoms with van der Waals surface area (Å²) < 4.78 is 16.5. The van der Waals surface area contributed by atoms with Gasteiger partial charge < -0.3 is 14.2 Å². The summed E-state index contributed by atoms with van der Waals surface area (Å²) in [5, 5.41) is -0.158. The number of carbonyl (C=O) groups excluding carboxylic acids is 3. The second-order valence-corrected chi connectivity index (χ2v) is 8.84. The van der Waals surface area contributed by atoms with Crippen molar-refractivity contribution in [2.24, 2.45) is 0 Å². The third-order valence-corrected chi connectivity index (χ3v) is 5.98. The summed E-state index contributed by atoms with van der Waals surface area (Å²) in [7, 11) is 1.25. The number of benzene rings is 2. The molecule has 1 heterocycles. The lowest BCUT2D eigenvalue weighted by Crippen LogP contribution is -2.27. The van der Waals surface area contributed by atoms with E-state index >= 15 is 0 Å². The number of ether oxygens (including phenoxy) is 3. The van der Waals surface area contributed by atoms with Gasteiger partial charge in [0.1, 0.15) is 0 Å². The smallest absolute Gasteiger partial charge is 0.343 e. The van der Waals surface area contributed by atoms with E-state index in [2.05, 4.69) is 20.7 Å². The summed E-state index contributed by atoms with van der Waals surface area (Å²) in [6, 6.07) is 10.6. The van der Waals surface area contributed by atoms with Gasteiger partial charge in [0.25, 0.3) is 11.1 Å². The fraction of sp³-hybridized carbons (Fsp3) is 0.227. The van der Waals surface area contributed by atoms with Crippen molar-refractivity contribution in [2.75, 3.05) is 20.3 Å². The molecule has 3 rings (SSSR count). The number of hydrogen-bond donors (Lipinski definition) is 0. The molecule has 0 aromatic heterocycles. The van der Waals surface area contributed by atoms with Crippen LogP contribution in [0.2, 0.25) is 5.02 Å². The van der Waals surface area contributed by atoms with E-state index in [-0.39, 0.29) is 40.0 Å². The first-order valence-corrected chi connectivity index (χ1v) is 11.5. The molecular weight excluding hydrogens is 522 g/mol. The van der Waals surface area contributed by atoms with E-state index in [0.717, 1.165) is 21.8 Å². The largest absolute Gasteiger partial charge is 0.490 e. The predicted molar refractivity (Wildman–Crippen MR) is 126 cm³/mol. The van der Waals surface area contributed by atoms with Gasteiger partial charge in [-0.3, -0.25) is 14.5 Å². The molecule has 1 fully saturated rings. The molecule has 10 heteroatoms. The van der Waals surface area contributed by atoms with Crippen molar-refractivity contribution in [1.29, 1.82) is 0 Å². The highest BCUT2D eigenvalue weighted by Gasteiger charge is 2.35. The number of carbonyl (C=O) groups is 3. The number of methoxy groups -OCH3 is 1. The van der Waals surface area contributed by atoms with E-state index < -0.39 is 5.97 Å². The molecule has 32 heavy (non-hydrogen) atoms. The van der Waals surface area contributed by atoms with Crippen LogP contribution in [0.25, 0.3) is 6.08 Å². The first-order valence-electron chi connectivity index (χ1n) is 9.48. The Morgan fingerprint density at radius 2 is 2.00 bits per heavy atom. The molecule has 168 valence electrons. The van der Waals surface area contributed by atoms with Gasteiger partial charge in [-0.2, -0.15) is 0 Å². The van der Waals surface area contributed by atoms with Crippen molar-refractivity contribution >= 4 is 62.5 Å². The van der Waals surface area contributed by atoms with Crippen LogP contribution in [-0.2, 0) is 20.9 Å². The van der Waals surface area contributed by atoms with E-state index in [0.29, 0.717) is 17.9 Å². The van der Waals surface area contributed by atoms with Gasteiger partial charge in [0.2, 0.25) is 0 Å². The molecule has 0 spiro atoms. The lowest BCUT2D eigenvalue weighted by atomic mass is 10.1. The molecule has 2 aromatic carbocycles. The van der Waals surface area contributed by atoms with Crippen LogP contribution in [0.4, 0.5) is 4.79 Å². The van der Waals surface area contributed by atoms with E-state index in [1.807, 2.05) is 24.3 Å². The van der Waals surface area contributed by atoms with Gasteiger partial charge >= 0.3 is 5.97 Å². The van der Waals surface area contributed by atoms with Crippen LogP contribution in [0.3, 0.4) is 0 Å². The average Bonchev–Trinajstić information content (AvgIpc) is 3.00. The Morgan fingerprint density at radius 1 is 1.22 bits per heavy atom. The molecule has 2 amide bonds. The SMILES string of the molecule is CCOc1cc(/C=C2\SC(=O)N(Cc3cccc(Br)c3)C2=O)cc(Cl)c1OCC(=O)OC. The molecule has 1 aliphatic heterocycles. The third kappa shape index (κ3) is 5.85. The van der Waals surface area contributed by atoms with Gasteiger partial charge in [0.05, 0.1) is 30.2 Å². The Labute approximate surface area is 202 Å². The minimum atomic E-state index is -0.563. The molecule has 2 aromatic rings. The van der Waals surface area contributed by atoms with E-state index in [1.165, 1.54) is 12.0 Å². The molecule has 1 aliphatic rings. The zero-order valence-electron chi connectivity index (χ0n) is 17.2. The van der Waals surface area contributed by atoms with Crippen molar-refractivity contribution in [1.82, 2.24) is 4.90 Å². The Hall–Kier alpha value is -2.49. The van der Waals surface area contributed by atoms with Crippen LogP contribution in [-0.4, -0.2) is 42.3 Å². The second-order valence-electron chi connectivity index (χ2n) is 6.53. The Bertz CT molecular complexity index is 1090. The fourth-order valence-corrected chi connectivity index (χ4v) is 4.43. The highest BCUT2D eigenvalue weighted by molar-refractivity contribution is 9.10. The van der Waals surface area contributed by atoms with E-state index in [9.17, 15) is 14.4 Å². The number of halogens is 2. The first kappa shape index (κ1) is 24.2. The summed E-state index contributed by atoms with van der Waals surface area (Å²) >= 11 is 10.6. The molecular formula is C22H19BrClNO6S. The molecule has 1 saturated heterocycles. The van der Waals surface area contributed by atoms with Crippen LogP contribution in [0.5, 0.6) is 11.5 Å². The molecule has 0 saturated carbocycles. The van der Waals surface area contributed by atoms with E-state index in [1.54, 1.807) is 25.1 Å². The van der Waals surface area contributed by atoms with Gasteiger partial charge in [0.15, 0.2) is 18.1 Å². The summed E-state index contributed by atoms with van der Waals surface area (Å²) in [5.74, 6) is -0.450. The molecule has 0 N–H and O–H groups in total. The Morgan fingerprint density at radius 3 is 2.69 bits per heavy atom. The lowest BCUT2D eigenvalue weighted by molar-refractivity contribution is -0.142. The maximum atomic E-state index is 12.8. The second kappa shape index (κ2) is 10.9. The third-order valence-electron chi connectivity index (χ3n) is 4.29. The van der Waals surface area contributed by atoms with Crippen molar-refractivity contribution in [3.63, 3.8) is 0 Å². The number of amides is 2. The molecule has 7 nitrogen and oxygen atoms in total. The standard InChI is InChI=1S/C22H19BrClNO6S/c1-3-30-17-9-14(8-16(24)20(17)31-12-19(26)29-2)10-18-21(27)25(22(28)32-18)11-13-5-4-6-15(23)7-13/h4-10H,3,11-12H2,1-2H3/b18-10-. The number of nitrogens with zero attached hydrogens (tertiary/aromatic N) is 1. The number of imide groups is 1. The van der Waals surface area contributed by atoms with Crippen LogP contribution >= 0.6 is 39.3 Å². The maximum absolute atomic E-state index is 12.8. The van der Waals surface area contributed by atoms with Crippen molar-refractivity contribution in [3.05, 3.63) is 61.9 Å². The van der Waals surface area contributed by atoms with Gasteiger partial charge in [-0.15, -0.1) is 0 Å². The predicted octanol–water partition coefficient (Wildman–Crippen LogP) is 5.29. The maximum Gasteiger partial charge on any atom is 0.343 e. The average molecular weight is 541 g/mol. The van der Waals surface area contributed by atoms with Crippen LogP contribution in [0, 0.1) is 0 Å². The van der Waals surface area contributed by atoms with Gasteiger partial charge in [-0.25, -0.2) is 4.79 Å². The van der Waals surface area contributed by atoms with Crippen molar-refractivity contribution in [2.45, 2.75) is 13.5 Å². The van der Waals surface area contributed by atoms with E-state index in [4.69, 9.17) is 21.1 Å². The summed E-state index contributed by atoms with van der Waals surface area (Å²) in [6.45, 7) is 1.96. The number of hydrogen-bond acceptors (Lipinski definition) is 7. The van der Waals surface area contributed by atoms with Crippen molar-refractivity contribution < 1.29 is 28.6 Å². The first-order chi connectivity index (χ1) is 15.3. The van der Waals surface area contributed by atoms with Crippen molar-refractivity contribution in [3.8, 4) is 11.5 Å². The highest BCUT2D eigenvalue weighted by Crippen LogP contribution is 2.39. The van der Waals surface area contributed by atoms with Crippen LogP contribution in [0.1, 0.15) is 18.1 Å². The number of esters is 1. The molecule has 0 bridgehead atoms. The minimum absolute atomic E-state index is 0.173. The summed E-state index contributed by atoms with van der Waals surface area (Å²) in [6.07, 6.45) is 1.57. The van der Waals surface area contributed by atoms with Crippen LogP contribution in [0.15, 0.2) is 45.8 Å². The van der Waals surface area contributed by atoms with Gasteiger partial charge in [-0.1, -0.05) is 39.7 Å². The number of rotatable bonds is 8. The molecule has 0 aliphatic carbocycles. The monoisotopic (exact) mass is 539 g/mol. The highest BCUT2D eigenvalue weighted by atomic mass is 79.9. The molecule has 0 atom stereocenters. The Balaban J connectivity index is 1.84. The van der Waals surface area contributed by atoms with Crippen LogP contribution < -0.4 is 9.47 Å². The number of thioether (sulfide) groups is 1. The zero-order chi connectivity index (χ0) is 23.3. The fourth-order valence-electron chi connectivity index (χ4n) is 2.87. The normalized spacial score (nSPS) is 14.8. The van der Waals surface area contributed by atoms with Gasteiger partial charge in [-0.05, 0) is 60.2 Å². The molecule has 0 unspecified atom stereocenters. The lowest BCUT2D eigenvalue weighted by Gasteiger charge is -2.14. The van der Waals surface area contributed by atoms with Gasteiger partial charge in [0, 0.05) is 4.47 Å². The Kier molecular flexibility index (Phi) is 8.22. The summed E-state index contributed by atoms with van der Waals surface area (Å²) in [4.78, 5) is 38.1. The topological polar surface area (TPSA) is 82.1 Å². The zero-order valence-corrected chi connectivity index (χ0v) is 20.4. The quantitative estimate of drug-likeness (QED) is 0.332. The minimum Gasteiger partial charge on any atom is -0.490 e.